The monoisotopic (exact) mass is 267 g/mol. The number of nitro groups is 1. The number of thioether (sulfide) groups is 2. The highest BCUT2D eigenvalue weighted by atomic mass is 32.2. The Hall–Kier alpha value is -0.940. The Labute approximate surface area is 109 Å². The molecule has 1 fully saturated rings. The molecule has 90 valence electrons. The maximum absolute atomic E-state index is 10.8. The zero-order valence-corrected chi connectivity index (χ0v) is 11.0. The molecule has 5 heteroatoms. The van der Waals surface area contributed by atoms with Crippen LogP contribution in [0.4, 0.5) is 5.69 Å². The first-order valence-corrected chi connectivity index (χ1v) is 7.34. The van der Waals surface area contributed by atoms with Gasteiger partial charge in [0.25, 0.3) is 5.69 Å². The maximum Gasteiger partial charge on any atom is 0.276 e. The van der Waals surface area contributed by atoms with Crippen molar-refractivity contribution >= 4 is 35.3 Å². The molecule has 0 radical (unpaired) electrons. The van der Waals surface area contributed by atoms with Gasteiger partial charge in [0, 0.05) is 17.1 Å². The standard InChI is InChI=1S/C12H13NO2S2/c1-9-8-16-12(17-9)7-6-10-4-2-3-5-11(10)13(14)15/h2-7,9,12H,8H2,1H3. The Morgan fingerprint density at radius 3 is 2.88 bits per heavy atom. The van der Waals surface area contributed by atoms with Crippen LogP contribution in [-0.4, -0.2) is 20.5 Å². The molecule has 1 aliphatic heterocycles. The largest absolute Gasteiger partial charge is 0.276 e. The van der Waals surface area contributed by atoms with Crippen LogP contribution < -0.4 is 0 Å². The van der Waals surface area contributed by atoms with Gasteiger partial charge in [-0.05, 0) is 6.07 Å². The Bertz CT molecular complexity index is 448. The molecule has 17 heavy (non-hydrogen) atoms. The van der Waals surface area contributed by atoms with Crippen molar-refractivity contribution in [2.75, 3.05) is 5.75 Å². The number of para-hydroxylation sites is 1. The van der Waals surface area contributed by atoms with Crippen LogP contribution in [-0.2, 0) is 0 Å². The molecular formula is C12H13NO2S2. The van der Waals surface area contributed by atoms with Crippen molar-refractivity contribution in [3.05, 3.63) is 46.0 Å². The molecule has 0 aliphatic carbocycles. The lowest BCUT2D eigenvalue weighted by Gasteiger charge is -2.01. The second-order valence-electron chi connectivity index (χ2n) is 3.82. The minimum absolute atomic E-state index is 0.171. The molecule has 2 atom stereocenters. The first-order valence-electron chi connectivity index (χ1n) is 5.35. The van der Waals surface area contributed by atoms with Crippen LogP contribution in [0.2, 0.25) is 0 Å². The average molecular weight is 267 g/mol. The molecule has 1 aromatic carbocycles. The third-order valence-corrected chi connectivity index (χ3v) is 5.62. The van der Waals surface area contributed by atoms with E-state index < -0.39 is 0 Å². The van der Waals surface area contributed by atoms with Gasteiger partial charge in [-0.15, -0.1) is 23.5 Å². The highest BCUT2D eigenvalue weighted by Crippen LogP contribution is 2.38. The molecule has 0 bridgehead atoms. The predicted octanol–water partition coefficient (Wildman–Crippen LogP) is 3.80. The Balaban J connectivity index is 2.13. The highest BCUT2D eigenvalue weighted by molar-refractivity contribution is 8.20. The summed E-state index contributed by atoms with van der Waals surface area (Å²) in [4.78, 5) is 10.5. The van der Waals surface area contributed by atoms with Crippen molar-refractivity contribution in [3.8, 4) is 0 Å². The van der Waals surface area contributed by atoms with Crippen LogP contribution in [0.25, 0.3) is 6.08 Å². The van der Waals surface area contributed by atoms with Crippen molar-refractivity contribution in [1.29, 1.82) is 0 Å². The average Bonchev–Trinajstić information content (AvgIpc) is 2.73. The van der Waals surface area contributed by atoms with Gasteiger partial charge >= 0.3 is 0 Å². The number of benzene rings is 1. The summed E-state index contributed by atoms with van der Waals surface area (Å²) in [6.07, 6.45) is 3.92. The molecule has 0 saturated carbocycles. The van der Waals surface area contributed by atoms with Crippen molar-refractivity contribution in [2.45, 2.75) is 16.8 Å². The van der Waals surface area contributed by atoms with Crippen molar-refractivity contribution in [3.63, 3.8) is 0 Å². The second kappa shape index (κ2) is 5.60. The molecule has 2 unspecified atom stereocenters. The molecule has 0 aromatic heterocycles. The molecule has 1 saturated heterocycles. The van der Waals surface area contributed by atoms with Gasteiger partial charge in [-0.3, -0.25) is 10.1 Å². The van der Waals surface area contributed by atoms with Gasteiger partial charge in [-0.1, -0.05) is 31.2 Å². The van der Waals surface area contributed by atoms with E-state index in [1.165, 1.54) is 6.07 Å². The lowest BCUT2D eigenvalue weighted by molar-refractivity contribution is -0.385. The summed E-state index contributed by atoms with van der Waals surface area (Å²) >= 11 is 3.80. The van der Waals surface area contributed by atoms with Crippen molar-refractivity contribution < 1.29 is 4.92 Å². The van der Waals surface area contributed by atoms with Crippen molar-refractivity contribution in [2.24, 2.45) is 0 Å². The molecule has 1 aliphatic rings. The van der Waals surface area contributed by atoms with Gasteiger partial charge in [-0.2, -0.15) is 0 Å². The Morgan fingerprint density at radius 1 is 1.47 bits per heavy atom. The molecular weight excluding hydrogens is 254 g/mol. The highest BCUT2D eigenvalue weighted by Gasteiger charge is 2.20. The van der Waals surface area contributed by atoms with E-state index in [9.17, 15) is 10.1 Å². The van der Waals surface area contributed by atoms with Gasteiger partial charge in [0.15, 0.2) is 0 Å². The van der Waals surface area contributed by atoms with Crippen LogP contribution in [0.3, 0.4) is 0 Å². The van der Waals surface area contributed by atoms with E-state index in [0.717, 1.165) is 5.75 Å². The Morgan fingerprint density at radius 2 is 2.24 bits per heavy atom. The summed E-state index contributed by atoms with van der Waals surface area (Å²) in [5, 5.41) is 11.5. The summed E-state index contributed by atoms with van der Waals surface area (Å²) in [5.41, 5.74) is 0.850. The third kappa shape index (κ3) is 3.26. The fourth-order valence-electron chi connectivity index (χ4n) is 1.62. The van der Waals surface area contributed by atoms with Gasteiger partial charge in [0.2, 0.25) is 0 Å². The molecule has 0 spiro atoms. The number of nitrogens with zero attached hydrogens (tertiary/aromatic N) is 1. The maximum atomic E-state index is 10.8. The summed E-state index contributed by atoms with van der Waals surface area (Å²) in [5.74, 6) is 1.15. The lowest BCUT2D eigenvalue weighted by atomic mass is 10.2. The molecule has 0 N–H and O–H groups in total. The molecule has 1 aromatic rings. The van der Waals surface area contributed by atoms with Gasteiger partial charge in [0.1, 0.15) is 0 Å². The van der Waals surface area contributed by atoms with E-state index in [-0.39, 0.29) is 10.6 Å². The molecule has 3 nitrogen and oxygen atoms in total. The molecule has 1 heterocycles. The minimum atomic E-state index is -0.336. The predicted molar refractivity (Wildman–Crippen MR) is 75.4 cm³/mol. The van der Waals surface area contributed by atoms with E-state index in [1.807, 2.05) is 35.7 Å². The second-order valence-corrected chi connectivity index (χ2v) is 6.88. The van der Waals surface area contributed by atoms with Crippen LogP contribution in [0.5, 0.6) is 0 Å². The number of hydrogen-bond acceptors (Lipinski definition) is 4. The first-order chi connectivity index (χ1) is 8.16. The summed E-state index contributed by atoms with van der Waals surface area (Å²) in [6.45, 7) is 2.20. The zero-order chi connectivity index (χ0) is 12.3. The van der Waals surface area contributed by atoms with Gasteiger partial charge < -0.3 is 0 Å². The minimum Gasteiger partial charge on any atom is -0.258 e. The number of nitro benzene ring substituents is 1. The molecule has 2 rings (SSSR count). The van der Waals surface area contributed by atoms with Crippen LogP contribution in [0.1, 0.15) is 12.5 Å². The van der Waals surface area contributed by atoms with Gasteiger partial charge in [-0.25, -0.2) is 0 Å². The van der Waals surface area contributed by atoms with E-state index in [4.69, 9.17) is 0 Å². The van der Waals surface area contributed by atoms with Crippen LogP contribution in [0, 0.1) is 10.1 Å². The van der Waals surface area contributed by atoms with E-state index in [0.29, 0.717) is 15.4 Å². The molecule has 0 amide bonds. The van der Waals surface area contributed by atoms with Crippen LogP contribution in [0.15, 0.2) is 30.3 Å². The van der Waals surface area contributed by atoms with Gasteiger partial charge in [0.05, 0.1) is 15.1 Å². The lowest BCUT2D eigenvalue weighted by Crippen LogP contribution is -1.92. The summed E-state index contributed by atoms with van der Waals surface area (Å²) in [6, 6.07) is 6.83. The topological polar surface area (TPSA) is 43.1 Å². The Kier molecular flexibility index (Phi) is 4.12. The SMILES string of the molecule is CC1CSC(C=Cc2ccccc2[N+](=O)[O-])S1. The first kappa shape index (κ1) is 12.5. The number of hydrogen-bond donors (Lipinski definition) is 0. The summed E-state index contributed by atoms with van der Waals surface area (Å²) < 4.78 is 0.421. The third-order valence-electron chi connectivity index (χ3n) is 2.43. The quantitative estimate of drug-likeness (QED) is 0.617. The van der Waals surface area contributed by atoms with E-state index in [1.54, 1.807) is 12.1 Å². The van der Waals surface area contributed by atoms with Crippen molar-refractivity contribution in [1.82, 2.24) is 0 Å². The van der Waals surface area contributed by atoms with Crippen LogP contribution >= 0.6 is 23.5 Å². The normalized spacial score (nSPS) is 24.3. The fourth-order valence-corrected chi connectivity index (χ4v) is 4.56. The summed E-state index contributed by atoms with van der Waals surface area (Å²) in [7, 11) is 0. The van der Waals surface area contributed by atoms with E-state index >= 15 is 0 Å². The smallest absolute Gasteiger partial charge is 0.258 e. The fraction of sp³-hybridized carbons (Fsp3) is 0.333. The van der Waals surface area contributed by atoms with E-state index in [2.05, 4.69) is 13.0 Å². The zero-order valence-electron chi connectivity index (χ0n) is 9.41. The number of rotatable bonds is 3.